The van der Waals surface area contributed by atoms with Gasteiger partial charge in [-0.1, -0.05) is 45.4 Å². The fourth-order valence-electron chi connectivity index (χ4n) is 1.91. The third-order valence-electron chi connectivity index (χ3n) is 3.15. The summed E-state index contributed by atoms with van der Waals surface area (Å²) in [6.45, 7) is 6.73. The molecule has 0 heterocycles. The minimum Gasteiger partial charge on any atom is -0.396 e. The molecule has 1 rings (SSSR count). The SMILES string of the molecule is CCCCc1cc(CC)cc(C(C)CO)c1. The van der Waals surface area contributed by atoms with E-state index in [1.165, 1.54) is 29.5 Å². The molecule has 0 spiro atoms. The summed E-state index contributed by atoms with van der Waals surface area (Å²) in [5.74, 6) is 0.256. The van der Waals surface area contributed by atoms with E-state index in [0.717, 1.165) is 12.8 Å². The number of aliphatic hydroxyl groups is 1. The van der Waals surface area contributed by atoms with E-state index in [4.69, 9.17) is 0 Å². The van der Waals surface area contributed by atoms with Crippen LogP contribution in [0.5, 0.6) is 0 Å². The van der Waals surface area contributed by atoms with Gasteiger partial charge in [-0.05, 0) is 36.0 Å². The Bertz CT molecular complexity index is 317. The predicted octanol–water partition coefficient (Wildman–Crippen LogP) is 3.69. The number of unbranched alkanes of at least 4 members (excludes halogenated alkanes) is 1. The predicted molar refractivity (Wildman–Crippen MR) is 69.9 cm³/mol. The van der Waals surface area contributed by atoms with Crippen molar-refractivity contribution in [2.45, 2.75) is 52.4 Å². The first-order chi connectivity index (χ1) is 7.71. The van der Waals surface area contributed by atoms with Gasteiger partial charge < -0.3 is 5.11 Å². The van der Waals surface area contributed by atoms with Gasteiger partial charge in [0.05, 0.1) is 0 Å². The molecule has 0 aliphatic heterocycles. The van der Waals surface area contributed by atoms with Crippen LogP contribution in [0.4, 0.5) is 0 Å². The zero-order chi connectivity index (χ0) is 12.0. The van der Waals surface area contributed by atoms with Crippen molar-refractivity contribution in [3.05, 3.63) is 34.9 Å². The second kappa shape index (κ2) is 6.70. The number of benzene rings is 1. The molecule has 0 saturated heterocycles. The molecule has 1 N–H and O–H groups in total. The van der Waals surface area contributed by atoms with Crippen LogP contribution >= 0.6 is 0 Å². The highest BCUT2D eigenvalue weighted by atomic mass is 16.3. The lowest BCUT2D eigenvalue weighted by molar-refractivity contribution is 0.273. The van der Waals surface area contributed by atoms with Gasteiger partial charge in [0.1, 0.15) is 0 Å². The summed E-state index contributed by atoms with van der Waals surface area (Å²) in [5, 5.41) is 9.22. The largest absolute Gasteiger partial charge is 0.396 e. The van der Waals surface area contributed by atoms with E-state index in [9.17, 15) is 5.11 Å². The molecule has 90 valence electrons. The Morgan fingerprint density at radius 3 is 2.38 bits per heavy atom. The van der Waals surface area contributed by atoms with Crippen molar-refractivity contribution in [2.75, 3.05) is 6.61 Å². The average Bonchev–Trinajstić information content (AvgIpc) is 2.34. The second-order valence-corrected chi connectivity index (χ2v) is 4.62. The molecule has 1 aromatic rings. The molecule has 0 aromatic heterocycles. The average molecular weight is 220 g/mol. The van der Waals surface area contributed by atoms with Crippen molar-refractivity contribution in [3.8, 4) is 0 Å². The topological polar surface area (TPSA) is 20.2 Å². The normalized spacial score (nSPS) is 12.8. The molecule has 0 aliphatic carbocycles. The van der Waals surface area contributed by atoms with E-state index < -0.39 is 0 Å². The summed E-state index contributed by atoms with van der Waals surface area (Å²) in [5.41, 5.74) is 4.10. The van der Waals surface area contributed by atoms with Crippen LogP contribution in [-0.4, -0.2) is 11.7 Å². The van der Waals surface area contributed by atoms with E-state index in [2.05, 4.69) is 39.0 Å². The van der Waals surface area contributed by atoms with Crippen molar-refractivity contribution < 1.29 is 5.11 Å². The molecular weight excluding hydrogens is 196 g/mol. The van der Waals surface area contributed by atoms with E-state index in [0.29, 0.717) is 0 Å². The first kappa shape index (κ1) is 13.2. The molecule has 1 unspecified atom stereocenters. The molecular formula is C15H24O. The number of hydrogen-bond acceptors (Lipinski definition) is 1. The fourth-order valence-corrected chi connectivity index (χ4v) is 1.91. The van der Waals surface area contributed by atoms with Crippen LogP contribution in [0.25, 0.3) is 0 Å². The monoisotopic (exact) mass is 220 g/mol. The zero-order valence-corrected chi connectivity index (χ0v) is 10.8. The lowest BCUT2D eigenvalue weighted by Gasteiger charge is -2.13. The van der Waals surface area contributed by atoms with Gasteiger partial charge in [0.25, 0.3) is 0 Å². The van der Waals surface area contributed by atoms with Crippen LogP contribution in [-0.2, 0) is 12.8 Å². The van der Waals surface area contributed by atoms with Gasteiger partial charge in [-0.25, -0.2) is 0 Å². The quantitative estimate of drug-likeness (QED) is 0.775. The Hall–Kier alpha value is -0.820. The molecule has 0 aliphatic rings. The first-order valence-electron chi connectivity index (χ1n) is 6.44. The molecule has 0 radical (unpaired) electrons. The van der Waals surface area contributed by atoms with E-state index in [1.54, 1.807) is 0 Å². The molecule has 16 heavy (non-hydrogen) atoms. The van der Waals surface area contributed by atoms with Gasteiger partial charge >= 0.3 is 0 Å². The highest BCUT2D eigenvalue weighted by Gasteiger charge is 2.06. The fraction of sp³-hybridized carbons (Fsp3) is 0.600. The molecule has 0 amide bonds. The Labute approximate surface area is 99.5 Å². The van der Waals surface area contributed by atoms with Gasteiger partial charge in [0.15, 0.2) is 0 Å². The van der Waals surface area contributed by atoms with E-state index in [-0.39, 0.29) is 12.5 Å². The van der Waals surface area contributed by atoms with Crippen LogP contribution in [0.1, 0.15) is 56.2 Å². The van der Waals surface area contributed by atoms with E-state index >= 15 is 0 Å². The standard InChI is InChI=1S/C15H24O/c1-4-6-7-14-8-13(5-2)9-15(10-14)12(3)11-16/h8-10,12,16H,4-7,11H2,1-3H3. The first-order valence-corrected chi connectivity index (χ1v) is 6.44. The van der Waals surface area contributed by atoms with Gasteiger partial charge in [-0.3, -0.25) is 0 Å². The van der Waals surface area contributed by atoms with Crippen LogP contribution in [0, 0.1) is 0 Å². The number of aliphatic hydroxyl groups excluding tert-OH is 1. The number of rotatable bonds is 6. The maximum Gasteiger partial charge on any atom is 0.0497 e. The van der Waals surface area contributed by atoms with Crippen molar-refractivity contribution in [3.63, 3.8) is 0 Å². The Balaban J connectivity index is 2.91. The molecule has 1 atom stereocenters. The highest BCUT2D eigenvalue weighted by molar-refractivity contribution is 5.32. The van der Waals surface area contributed by atoms with Crippen molar-refractivity contribution >= 4 is 0 Å². The summed E-state index contributed by atoms with van der Waals surface area (Å²) in [6.07, 6.45) is 4.72. The van der Waals surface area contributed by atoms with Crippen LogP contribution in [0.3, 0.4) is 0 Å². The molecule has 1 heteroatoms. The minimum atomic E-state index is 0.236. The molecule has 0 fully saturated rings. The number of hydrogen-bond donors (Lipinski definition) is 1. The van der Waals surface area contributed by atoms with Gasteiger partial charge in [0.2, 0.25) is 0 Å². The summed E-state index contributed by atoms with van der Waals surface area (Å²) in [4.78, 5) is 0. The Morgan fingerprint density at radius 1 is 1.12 bits per heavy atom. The van der Waals surface area contributed by atoms with Gasteiger partial charge in [0, 0.05) is 12.5 Å². The van der Waals surface area contributed by atoms with Crippen molar-refractivity contribution in [1.82, 2.24) is 0 Å². The molecule has 0 saturated carbocycles. The third-order valence-corrected chi connectivity index (χ3v) is 3.15. The molecule has 1 nitrogen and oxygen atoms in total. The second-order valence-electron chi connectivity index (χ2n) is 4.62. The van der Waals surface area contributed by atoms with Crippen LogP contribution in [0.15, 0.2) is 18.2 Å². The molecule has 0 bridgehead atoms. The smallest absolute Gasteiger partial charge is 0.0497 e. The van der Waals surface area contributed by atoms with E-state index in [1.807, 2.05) is 0 Å². The zero-order valence-electron chi connectivity index (χ0n) is 10.8. The third kappa shape index (κ3) is 3.64. The summed E-state index contributed by atoms with van der Waals surface area (Å²) >= 11 is 0. The Morgan fingerprint density at radius 2 is 1.81 bits per heavy atom. The van der Waals surface area contributed by atoms with Crippen molar-refractivity contribution in [2.24, 2.45) is 0 Å². The summed E-state index contributed by atoms with van der Waals surface area (Å²) < 4.78 is 0. The lowest BCUT2D eigenvalue weighted by atomic mass is 9.94. The summed E-state index contributed by atoms with van der Waals surface area (Å²) in [6, 6.07) is 6.80. The van der Waals surface area contributed by atoms with Gasteiger partial charge in [-0.15, -0.1) is 0 Å². The maximum atomic E-state index is 9.22. The summed E-state index contributed by atoms with van der Waals surface area (Å²) in [7, 11) is 0. The Kier molecular flexibility index (Phi) is 5.54. The van der Waals surface area contributed by atoms with Gasteiger partial charge in [-0.2, -0.15) is 0 Å². The van der Waals surface area contributed by atoms with Crippen LogP contribution < -0.4 is 0 Å². The molecule has 1 aromatic carbocycles. The van der Waals surface area contributed by atoms with Crippen molar-refractivity contribution in [1.29, 1.82) is 0 Å². The maximum absolute atomic E-state index is 9.22. The minimum absolute atomic E-state index is 0.236. The number of aryl methyl sites for hydroxylation is 2. The lowest BCUT2D eigenvalue weighted by Crippen LogP contribution is -2.01. The highest BCUT2D eigenvalue weighted by Crippen LogP contribution is 2.20. The van der Waals surface area contributed by atoms with Crippen LogP contribution in [0.2, 0.25) is 0 Å².